The molecular weight excluding hydrogens is 458 g/mol. The maximum absolute atomic E-state index is 13.2. The van der Waals surface area contributed by atoms with Gasteiger partial charge in [0.05, 0.1) is 19.1 Å². The zero-order valence-electron chi connectivity index (χ0n) is 20.2. The fraction of sp³-hybridized carbons (Fsp3) is 0.417. The number of hydrogen-bond acceptors (Lipinski definition) is 6. The highest BCUT2D eigenvalue weighted by Gasteiger charge is 2.32. The summed E-state index contributed by atoms with van der Waals surface area (Å²) in [5.41, 5.74) is 1.94. The van der Waals surface area contributed by atoms with Crippen molar-refractivity contribution in [2.24, 2.45) is 5.92 Å². The lowest BCUT2D eigenvalue weighted by Crippen LogP contribution is -2.47. The molecule has 1 aliphatic heterocycles. The van der Waals surface area contributed by atoms with Crippen molar-refractivity contribution >= 4 is 33.2 Å². The van der Waals surface area contributed by atoms with Crippen molar-refractivity contribution in [3.05, 3.63) is 42.0 Å². The van der Waals surface area contributed by atoms with Gasteiger partial charge in [-0.3, -0.25) is 9.59 Å². The molecule has 0 aromatic heterocycles. The molecule has 184 valence electrons. The average Bonchev–Trinajstić information content (AvgIpc) is 3.12. The second-order valence-corrected chi connectivity index (χ2v) is 10.3. The number of fused-ring (bicyclic) bond motifs is 1. The van der Waals surface area contributed by atoms with E-state index in [1.165, 1.54) is 27.2 Å². The number of anilines is 2. The van der Waals surface area contributed by atoms with Crippen molar-refractivity contribution in [1.82, 2.24) is 4.72 Å². The fourth-order valence-corrected chi connectivity index (χ4v) is 5.51. The molecule has 0 fully saturated rings. The van der Waals surface area contributed by atoms with Crippen molar-refractivity contribution in [3.8, 4) is 11.5 Å². The van der Waals surface area contributed by atoms with Crippen LogP contribution in [0.5, 0.6) is 11.5 Å². The molecule has 2 N–H and O–H groups in total. The van der Waals surface area contributed by atoms with Crippen LogP contribution in [-0.4, -0.2) is 46.5 Å². The smallest absolute Gasteiger partial charge is 0.242 e. The highest BCUT2D eigenvalue weighted by Crippen LogP contribution is 2.34. The summed E-state index contributed by atoms with van der Waals surface area (Å²) in [6.45, 7) is 6.93. The van der Waals surface area contributed by atoms with Crippen molar-refractivity contribution < 1.29 is 27.5 Å². The van der Waals surface area contributed by atoms with Crippen LogP contribution in [-0.2, 0) is 26.0 Å². The molecule has 3 rings (SSSR count). The number of benzene rings is 2. The molecule has 0 spiro atoms. The zero-order valence-corrected chi connectivity index (χ0v) is 21.0. The summed E-state index contributed by atoms with van der Waals surface area (Å²) in [6.07, 6.45) is 0.561. The number of ether oxygens (including phenoxy) is 2. The van der Waals surface area contributed by atoms with Gasteiger partial charge in [-0.25, -0.2) is 8.42 Å². The van der Waals surface area contributed by atoms with Gasteiger partial charge >= 0.3 is 0 Å². The predicted octanol–water partition coefficient (Wildman–Crippen LogP) is 2.94. The van der Waals surface area contributed by atoms with E-state index in [2.05, 4.69) is 10.0 Å². The first kappa shape index (κ1) is 25.5. The van der Waals surface area contributed by atoms with Gasteiger partial charge in [0.1, 0.15) is 6.04 Å². The van der Waals surface area contributed by atoms with E-state index >= 15 is 0 Å². The molecular formula is C24H31N3O6S. The van der Waals surface area contributed by atoms with Gasteiger partial charge in [-0.2, -0.15) is 4.72 Å². The van der Waals surface area contributed by atoms with Gasteiger partial charge in [-0.15, -0.1) is 0 Å². The number of nitrogens with zero attached hydrogens (tertiary/aromatic N) is 1. The lowest BCUT2D eigenvalue weighted by atomic mass is 10.0. The number of hydrogen-bond donors (Lipinski definition) is 2. The van der Waals surface area contributed by atoms with Crippen LogP contribution in [0.2, 0.25) is 0 Å². The van der Waals surface area contributed by atoms with E-state index in [4.69, 9.17) is 9.47 Å². The molecule has 2 aromatic carbocycles. The third-order valence-electron chi connectivity index (χ3n) is 5.80. The fourth-order valence-electron chi connectivity index (χ4n) is 4.12. The number of nitrogens with one attached hydrogen (secondary N) is 2. The van der Waals surface area contributed by atoms with Gasteiger partial charge in [0.25, 0.3) is 0 Å². The summed E-state index contributed by atoms with van der Waals surface area (Å²) in [6, 6.07) is 8.51. The topological polar surface area (TPSA) is 114 Å². The SMILES string of the molecule is COc1ccc(NC(=O)C(NS(=O)(=O)c2ccc3c(c2)CC(C)N3C(C)=O)C(C)C)cc1OC. The number of methoxy groups -OCH3 is 2. The molecule has 1 heterocycles. The summed E-state index contributed by atoms with van der Waals surface area (Å²) < 4.78 is 39.4. The largest absolute Gasteiger partial charge is 0.493 e. The summed E-state index contributed by atoms with van der Waals surface area (Å²) in [5, 5.41) is 2.74. The molecule has 9 nitrogen and oxygen atoms in total. The Bertz CT molecular complexity index is 1200. The van der Waals surface area contributed by atoms with Crippen LogP contribution in [0.4, 0.5) is 11.4 Å². The van der Waals surface area contributed by atoms with Crippen LogP contribution in [0.3, 0.4) is 0 Å². The van der Waals surface area contributed by atoms with Crippen LogP contribution < -0.4 is 24.4 Å². The van der Waals surface area contributed by atoms with Crippen LogP contribution >= 0.6 is 0 Å². The highest BCUT2D eigenvalue weighted by atomic mass is 32.2. The number of carbonyl (C=O) groups is 2. The molecule has 0 bridgehead atoms. The molecule has 2 aromatic rings. The Hall–Kier alpha value is -3.11. The van der Waals surface area contributed by atoms with Crippen molar-refractivity contribution in [3.63, 3.8) is 0 Å². The maximum Gasteiger partial charge on any atom is 0.242 e. The second kappa shape index (κ2) is 10.0. The zero-order chi connectivity index (χ0) is 25.2. The number of rotatable bonds is 8. The minimum atomic E-state index is -4.00. The molecule has 2 unspecified atom stereocenters. The van der Waals surface area contributed by atoms with E-state index in [0.29, 0.717) is 29.3 Å². The third kappa shape index (κ3) is 5.18. The Kier molecular flexibility index (Phi) is 7.52. The maximum atomic E-state index is 13.2. The second-order valence-electron chi connectivity index (χ2n) is 8.63. The van der Waals surface area contributed by atoms with Gasteiger partial charge in [0, 0.05) is 30.4 Å². The third-order valence-corrected chi connectivity index (χ3v) is 7.24. The normalized spacial score (nSPS) is 16.2. The molecule has 1 aliphatic rings. The quantitative estimate of drug-likeness (QED) is 0.589. The van der Waals surface area contributed by atoms with Gasteiger partial charge in [0.15, 0.2) is 11.5 Å². The van der Waals surface area contributed by atoms with Gasteiger partial charge < -0.3 is 19.7 Å². The molecule has 0 radical (unpaired) electrons. The lowest BCUT2D eigenvalue weighted by molar-refractivity contribution is -0.118. The molecule has 0 saturated carbocycles. The highest BCUT2D eigenvalue weighted by molar-refractivity contribution is 7.89. The Morgan fingerprint density at radius 2 is 1.74 bits per heavy atom. The molecule has 0 aliphatic carbocycles. The average molecular weight is 490 g/mol. The Morgan fingerprint density at radius 3 is 2.32 bits per heavy atom. The summed E-state index contributed by atoms with van der Waals surface area (Å²) in [4.78, 5) is 26.7. The van der Waals surface area contributed by atoms with E-state index in [1.54, 1.807) is 49.1 Å². The van der Waals surface area contributed by atoms with Crippen LogP contribution in [0.1, 0.15) is 33.3 Å². The van der Waals surface area contributed by atoms with Crippen LogP contribution in [0.15, 0.2) is 41.3 Å². The summed E-state index contributed by atoms with van der Waals surface area (Å²) >= 11 is 0. The number of carbonyl (C=O) groups excluding carboxylic acids is 2. The van der Waals surface area contributed by atoms with Crippen LogP contribution in [0, 0.1) is 5.92 Å². The molecule has 0 saturated heterocycles. The Labute approximate surface area is 200 Å². The number of sulfonamides is 1. The first-order valence-electron chi connectivity index (χ1n) is 11.0. The van der Waals surface area contributed by atoms with Gasteiger partial charge in [-0.1, -0.05) is 13.8 Å². The Morgan fingerprint density at radius 1 is 1.06 bits per heavy atom. The van der Waals surface area contributed by atoms with Gasteiger partial charge in [0.2, 0.25) is 21.8 Å². The standard InChI is InChI=1S/C24H31N3O6S/c1-14(2)23(24(29)25-18-7-10-21(32-5)22(13-18)33-6)26-34(30,31)19-8-9-20-17(12-19)11-15(3)27(20)16(4)28/h7-10,12-15,23,26H,11H2,1-6H3,(H,25,29). The van der Waals surface area contributed by atoms with E-state index in [9.17, 15) is 18.0 Å². The first-order chi connectivity index (χ1) is 16.0. The van der Waals surface area contributed by atoms with E-state index in [1.807, 2.05) is 6.92 Å². The van der Waals surface area contributed by atoms with Gasteiger partial charge in [-0.05, 0) is 55.2 Å². The van der Waals surface area contributed by atoms with Crippen molar-refractivity contribution in [2.75, 3.05) is 24.4 Å². The molecule has 2 atom stereocenters. The van der Waals surface area contributed by atoms with E-state index < -0.39 is 22.0 Å². The summed E-state index contributed by atoms with van der Waals surface area (Å²) in [5.74, 6) is 0.0393. The molecule has 34 heavy (non-hydrogen) atoms. The predicted molar refractivity (Wildman–Crippen MR) is 130 cm³/mol. The lowest BCUT2D eigenvalue weighted by Gasteiger charge is -2.22. The molecule has 10 heteroatoms. The van der Waals surface area contributed by atoms with Crippen molar-refractivity contribution in [2.45, 2.75) is 51.1 Å². The monoisotopic (exact) mass is 489 g/mol. The van der Waals surface area contributed by atoms with E-state index in [0.717, 1.165) is 5.56 Å². The Balaban J connectivity index is 1.82. The first-order valence-corrected chi connectivity index (χ1v) is 12.4. The number of amides is 2. The molecule has 2 amide bonds. The minimum absolute atomic E-state index is 0.0471. The minimum Gasteiger partial charge on any atom is -0.493 e. The van der Waals surface area contributed by atoms with E-state index in [-0.39, 0.29) is 22.8 Å². The van der Waals surface area contributed by atoms with Crippen LogP contribution in [0.25, 0.3) is 0 Å². The van der Waals surface area contributed by atoms with Crippen molar-refractivity contribution in [1.29, 1.82) is 0 Å². The summed E-state index contributed by atoms with van der Waals surface area (Å²) in [7, 11) is -1.00.